The van der Waals surface area contributed by atoms with Gasteiger partial charge in [0.1, 0.15) is 6.07 Å². The quantitative estimate of drug-likeness (QED) is 0.822. The molecular formula is C15H13BrN2. The van der Waals surface area contributed by atoms with Crippen molar-refractivity contribution in [3.05, 3.63) is 58.1 Å². The molecule has 2 nitrogen and oxygen atoms in total. The Balaban J connectivity index is 2.41. The highest BCUT2D eigenvalue weighted by atomic mass is 79.9. The second kappa shape index (κ2) is 5.24. The van der Waals surface area contributed by atoms with E-state index in [-0.39, 0.29) is 0 Å². The highest BCUT2D eigenvalue weighted by Gasteiger charge is 2.08. The second-order valence-corrected chi connectivity index (χ2v) is 4.98. The third-order valence-electron chi connectivity index (χ3n) is 2.94. The van der Waals surface area contributed by atoms with Crippen LogP contribution in [0.15, 0.2) is 46.9 Å². The number of halogens is 1. The monoisotopic (exact) mass is 300 g/mol. The highest BCUT2D eigenvalue weighted by molar-refractivity contribution is 9.10. The van der Waals surface area contributed by atoms with Crippen LogP contribution in [0.1, 0.15) is 11.1 Å². The molecule has 0 unspecified atom stereocenters. The Morgan fingerprint density at radius 1 is 1.17 bits per heavy atom. The zero-order valence-corrected chi connectivity index (χ0v) is 11.9. The molecule has 0 radical (unpaired) electrons. The first kappa shape index (κ1) is 12.7. The van der Waals surface area contributed by atoms with Crippen LogP contribution in [0.5, 0.6) is 0 Å². The standard InChI is InChI=1S/C15H13BrN2/c1-11-5-3-4-6-15(11)18(2)13-8-7-12(10-17)14(16)9-13/h3-9H,1-2H3. The summed E-state index contributed by atoms with van der Waals surface area (Å²) in [6.07, 6.45) is 0. The van der Waals surface area contributed by atoms with Gasteiger partial charge in [-0.1, -0.05) is 18.2 Å². The van der Waals surface area contributed by atoms with E-state index < -0.39 is 0 Å². The van der Waals surface area contributed by atoms with Gasteiger partial charge in [-0.05, 0) is 52.7 Å². The predicted molar refractivity (Wildman–Crippen MR) is 78.1 cm³/mol. The van der Waals surface area contributed by atoms with Gasteiger partial charge >= 0.3 is 0 Å². The van der Waals surface area contributed by atoms with Crippen molar-refractivity contribution in [3.63, 3.8) is 0 Å². The van der Waals surface area contributed by atoms with Gasteiger partial charge in [0.2, 0.25) is 0 Å². The first-order chi connectivity index (χ1) is 8.63. The fourth-order valence-corrected chi connectivity index (χ4v) is 2.34. The zero-order valence-electron chi connectivity index (χ0n) is 10.3. The van der Waals surface area contributed by atoms with Crippen molar-refractivity contribution in [2.75, 3.05) is 11.9 Å². The molecule has 0 atom stereocenters. The molecule has 2 aromatic carbocycles. The van der Waals surface area contributed by atoms with Gasteiger partial charge in [-0.15, -0.1) is 0 Å². The van der Waals surface area contributed by atoms with Gasteiger partial charge in [-0.25, -0.2) is 0 Å². The van der Waals surface area contributed by atoms with Gasteiger partial charge in [0.25, 0.3) is 0 Å². The molecule has 0 heterocycles. The van der Waals surface area contributed by atoms with Crippen LogP contribution in [0.25, 0.3) is 0 Å². The van der Waals surface area contributed by atoms with E-state index >= 15 is 0 Å². The van der Waals surface area contributed by atoms with Crippen LogP contribution in [0.4, 0.5) is 11.4 Å². The summed E-state index contributed by atoms with van der Waals surface area (Å²) in [6, 6.07) is 16.1. The summed E-state index contributed by atoms with van der Waals surface area (Å²) < 4.78 is 0.822. The Bertz CT molecular complexity index is 614. The summed E-state index contributed by atoms with van der Waals surface area (Å²) in [4.78, 5) is 2.11. The number of aryl methyl sites for hydroxylation is 1. The Kier molecular flexibility index (Phi) is 3.69. The molecule has 0 N–H and O–H groups in total. The highest BCUT2D eigenvalue weighted by Crippen LogP contribution is 2.29. The number of nitriles is 1. The van der Waals surface area contributed by atoms with Crippen LogP contribution >= 0.6 is 15.9 Å². The van der Waals surface area contributed by atoms with Crippen molar-refractivity contribution >= 4 is 27.3 Å². The molecule has 0 amide bonds. The first-order valence-corrected chi connectivity index (χ1v) is 6.42. The lowest BCUT2D eigenvalue weighted by molar-refractivity contribution is 1.18. The Morgan fingerprint density at radius 2 is 1.89 bits per heavy atom. The fraction of sp³-hybridized carbons (Fsp3) is 0.133. The molecule has 0 saturated heterocycles. The average molecular weight is 301 g/mol. The number of hydrogen-bond donors (Lipinski definition) is 0. The van der Waals surface area contributed by atoms with E-state index in [9.17, 15) is 0 Å². The van der Waals surface area contributed by atoms with Crippen LogP contribution in [0.3, 0.4) is 0 Å². The smallest absolute Gasteiger partial charge is 0.100 e. The van der Waals surface area contributed by atoms with Gasteiger partial charge < -0.3 is 4.90 Å². The van der Waals surface area contributed by atoms with Gasteiger partial charge in [-0.2, -0.15) is 5.26 Å². The van der Waals surface area contributed by atoms with Crippen LogP contribution in [0.2, 0.25) is 0 Å². The average Bonchev–Trinajstić information content (AvgIpc) is 2.38. The minimum atomic E-state index is 0.650. The van der Waals surface area contributed by atoms with Gasteiger partial charge in [-0.3, -0.25) is 0 Å². The topological polar surface area (TPSA) is 27.0 Å². The molecule has 18 heavy (non-hydrogen) atoms. The van der Waals surface area contributed by atoms with E-state index in [2.05, 4.69) is 46.0 Å². The van der Waals surface area contributed by atoms with Crippen molar-refractivity contribution in [1.29, 1.82) is 5.26 Å². The van der Waals surface area contributed by atoms with E-state index in [0.717, 1.165) is 15.8 Å². The zero-order chi connectivity index (χ0) is 13.1. The maximum absolute atomic E-state index is 8.92. The molecule has 2 rings (SSSR count). The van der Waals surface area contributed by atoms with E-state index in [4.69, 9.17) is 5.26 Å². The minimum absolute atomic E-state index is 0.650. The van der Waals surface area contributed by atoms with Crippen molar-refractivity contribution in [2.24, 2.45) is 0 Å². The van der Waals surface area contributed by atoms with Gasteiger partial charge in [0, 0.05) is 22.9 Å². The number of benzene rings is 2. The summed E-state index contributed by atoms with van der Waals surface area (Å²) in [6.45, 7) is 2.09. The fourth-order valence-electron chi connectivity index (χ4n) is 1.88. The van der Waals surface area contributed by atoms with E-state index in [1.54, 1.807) is 0 Å². The number of anilines is 2. The van der Waals surface area contributed by atoms with Gasteiger partial charge in [0.15, 0.2) is 0 Å². The van der Waals surface area contributed by atoms with Crippen molar-refractivity contribution < 1.29 is 0 Å². The lowest BCUT2D eigenvalue weighted by Gasteiger charge is -2.22. The van der Waals surface area contributed by atoms with Crippen LogP contribution in [0, 0.1) is 18.3 Å². The molecule has 2 aromatic rings. The number of nitrogens with zero attached hydrogens (tertiary/aromatic N) is 2. The van der Waals surface area contributed by atoms with Gasteiger partial charge in [0.05, 0.1) is 5.56 Å². The Labute approximate surface area is 116 Å². The molecule has 3 heteroatoms. The van der Waals surface area contributed by atoms with E-state index in [1.807, 2.05) is 37.4 Å². The minimum Gasteiger partial charge on any atom is -0.344 e. The Morgan fingerprint density at radius 3 is 2.50 bits per heavy atom. The van der Waals surface area contributed by atoms with Crippen LogP contribution < -0.4 is 4.90 Å². The van der Waals surface area contributed by atoms with E-state index in [1.165, 1.54) is 5.56 Å². The molecule has 0 aromatic heterocycles. The largest absolute Gasteiger partial charge is 0.344 e. The molecule has 0 bridgehead atoms. The summed E-state index contributed by atoms with van der Waals surface area (Å²) in [7, 11) is 2.02. The maximum atomic E-state index is 8.92. The number of rotatable bonds is 2. The molecule has 90 valence electrons. The second-order valence-electron chi connectivity index (χ2n) is 4.12. The Hall–Kier alpha value is -1.79. The molecule has 0 saturated carbocycles. The SMILES string of the molecule is Cc1ccccc1N(C)c1ccc(C#N)c(Br)c1. The number of hydrogen-bond acceptors (Lipinski definition) is 2. The third kappa shape index (κ3) is 2.39. The molecule has 0 spiro atoms. The molecule has 0 aliphatic rings. The normalized spacial score (nSPS) is 9.89. The van der Waals surface area contributed by atoms with E-state index in [0.29, 0.717) is 5.56 Å². The molecule has 0 aliphatic carbocycles. The lowest BCUT2D eigenvalue weighted by Crippen LogP contribution is -2.10. The first-order valence-electron chi connectivity index (χ1n) is 5.62. The molecular weight excluding hydrogens is 288 g/mol. The maximum Gasteiger partial charge on any atom is 0.100 e. The summed E-state index contributed by atoms with van der Waals surface area (Å²) in [5.74, 6) is 0. The summed E-state index contributed by atoms with van der Waals surface area (Å²) >= 11 is 3.42. The summed E-state index contributed by atoms with van der Waals surface area (Å²) in [5, 5.41) is 8.92. The molecule has 0 fully saturated rings. The lowest BCUT2D eigenvalue weighted by atomic mass is 10.1. The van der Waals surface area contributed by atoms with Crippen molar-refractivity contribution in [1.82, 2.24) is 0 Å². The summed E-state index contributed by atoms with van der Waals surface area (Å²) in [5.41, 5.74) is 4.08. The predicted octanol–water partition coefficient (Wildman–Crippen LogP) is 4.40. The van der Waals surface area contributed by atoms with Crippen molar-refractivity contribution in [2.45, 2.75) is 6.92 Å². The molecule has 0 aliphatic heterocycles. The van der Waals surface area contributed by atoms with Crippen LogP contribution in [-0.2, 0) is 0 Å². The third-order valence-corrected chi connectivity index (χ3v) is 3.59. The number of para-hydroxylation sites is 1. The van der Waals surface area contributed by atoms with Crippen molar-refractivity contribution in [3.8, 4) is 6.07 Å². The van der Waals surface area contributed by atoms with Crippen LogP contribution in [-0.4, -0.2) is 7.05 Å².